The molecule has 6 N–H and O–H groups in total. The van der Waals surface area contributed by atoms with Gasteiger partial charge in [-0.25, -0.2) is 9.97 Å². The summed E-state index contributed by atoms with van der Waals surface area (Å²) in [4.78, 5) is 24.9. The minimum absolute atomic E-state index is 0.0781. The van der Waals surface area contributed by atoms with Crippen LogP contribution in [0, 0.1) is 0 Å². The zero-order valence-corrected chi connectivity index (χ0v) is 15.4. The SMILES string of the molecule is NC(=O)c1ncc(N[C@@H]2CCCC[C@@H]2N)nc1Nc1ccc2cccnc2c1. The number of fused-ring (bicyclic) bond motifs is 1. The number of hydrogen-bond donors (Lipinski definition) is 4. The van der Waals surface area contributed by atoms with E-state index in [1.807, 2.05) is 30.3 Å². The number of nitrogens with one attached hydrogen (secondary N) is 2. The Hall–Kier alpha value is -3.26. The van der Waals surface area contributed by atoms with Crippen LogP contribution in [0.1, 0.15) is 36.2 Å². The Bertz CT molecular complexity index is 1010. The van der Waals surface area contributed by atoms with E-state index in [0.29, 0.717) is 11.6 Å². The van der Waals surface area contributed by atoms with Gasteiger partial charge in [-0.1, -0.05) is 25.0 Å². The molecule has 0 unspecified atom stereocenters. The lowest BCUT2D eigenvalue weighted by molar-refractivity contribution is 0.0996. The lowest BCUT2D eigenvalue weighted by Gasteiger charge is -2.29. The molecule has 0 spiro atoms. The van der Waals surface area contributed by atoms with Crippen molar-refractivity contribution in [3.8, 4) is 0 Å². The molecule has 1 saturated carbocycles. The van der Waals surface area contributed by atoms with Crippen molar-refractivity contribution in [2.24, 2.45) is 11.5 Å². The molecule has 28 heavy (non-hydrogen) atoms. The van der Waals surface area contributed by atoms with Crippen molar-refractivity contribution in [2.75, 3.05) is 10.6 Å². The highest BCUT2D eigenvalue weighted by molar-refractivity contribution is 5.96. The molecule has 8 heteroatoms. The molecule has 1 amide bonds. The molecule has 0 bridgehead atoms. The molecule has 4 rings (SSSR count). The summed E-state index contributed by atoms with van der Waals surface area (Å²) in [7, 11) is 0. The Balaban J connectivity index is 1.62. The van der Waals surface area contributed by atoms with Crippen LogP contribution in [-0.4, -0.2) is 32.9 Å². The van der Waals surface area contributed by atoms with E-state index in [1.165, 1.54) is 6.20 Å². The maximum absolute atomic E-state index is 11.8. The lowest BCUT2D eigenvalue weighted by Crippen LogP contribution is -2.42. The number of hydrogen-bond acceptors (Lipinski definition) is 7. The number of carbonyl (C=O) groups excluding carboxylic acids is 1. The maximum atomic E-state index is 11.8. The van der Waals surface area contributed by atoms with Gasteiger partial charge in [0.05, 0.1) is 11.7 Å². The highest BCUT2D eigenvalue weighted by Gasteiger charge is 2.22. The van der Waals surface area contributed by atoms with Crippen molar-refractivity contribution in [1.82, 2.24) is 15.0 Å². The number of pyridine rings is 1. The van der Waals surface area contributed by atoms with Crippen LogP contribution in [-0.2, 0) is 0 Å². The minimum atomic E-state index is -0.644. The van der Waals surface area contributed by atoms with Gasteiger partial charge >= 0.3 is 0 Å². The smallest absolute Gasteiger partial charge is 0.271 e. The molecule has 2 heterocycles. The third-order valence-electron chi connectivity index (χ3n) is 5.03. The summed E-state index contributed by atoms with van der Waals surface area (Å²) in [6.07, 6.45) is 7.51. The molecule has 0 saturated heterocycles. The summed E-state index contributed by atoms with van der Waals surface area (Å²) >= 11 is 0. The highest BCUT2D eigenvalue weighted by atomic mass is 16.1. The zero-order valence-electron chi connectivity index (χ0n) is 15.4. The second-order valence-corrected chi connectivity index (χ2v) is 7.05. The van der Waals surface area contributed by atoms with E-state index in [0.717, 1.165) is 42.3 Å². The number of carbonyl (C=O) groups is 1. The number of aromatic nitrogens is 3. The van der Waals surface area contributed by atoms with E-state index in [9.17, 15) is 4.79 Å². The maximum Gasteiger partial charge on any atom is 0.271 e. The topological polar surface area (TPSA) is 132 Å². The van der Waals surface area contributed by atoms with E-state index >= 15 is 0 Å². The summed E-state index contributed by atoms with van der Waals surface area (Å²) in [6.45, 7) is 0. The second-order valence-electron chi connectivity index (χ2n) is 7.05. The van der Waals surface area contributed by atoms with Gasteiger partial charge in [-0.3, -0.25) is 9.78 Å². The number of anilines is 3. The van der Waals surface area contributed by atoms with Crippen LogP contribution in [0.4, 0.5) is 17.3 Å². The van der Waals surface area contributed by atoms with Crippen LogP contribution in [0.25, 0.3) is 10.9 Å². The fourth-order valence-corrected chi connectivity index (χ4v) is 3.54. The Morgan fingerprint density at radius 3 is 2.82 bits per heavy atom. The molecule has 1 aliphatic carbocycles. The van der Waals surface area contributed by atoms with Gasteiger partial charge < -0.3 is 22.1 Å². The first-order chi connectivity index (χ1) is 13.6. The molecule has 8 nitrogen and oxygen atoms in total. The molecule has 2 aromatic heterocycles. The third kappa shape index (κ3) is 3.86. The Morgan fingerprint density at radius 1 is 1.14 bits per heavy atom. The van der Waals surface area contributed by atoms with Crippen LogP contribution < -0.4 is 22.1 Å². The third-order valence-corrected chi connectivity index (χ3v) is 5.03. The molecular weight excluding hydrogens is 354 g/mol. The van der Waals surface area contributed by atoms with Crippen LogP contribution in [0.5, 0.6) is 0 Å². The lowest BCUT2D eigenvalue weighted by atomic mass is 9.91. The van der Waals surface area contributed by atoms with Crippen molar-refractivity contribution >= 4 is 34.1 Å². The molecule has 144 valence electrons. The van der Waals surface area contributed by atoms with E-state index < -0.39 is 5.91 Å². The average Bonchev–Trinajstić information content (AvgIpc) is 2.70. The van der Waals surface area contributed by atoms with Gasteiger partial charge in [0, 0.05) is 29.4 Å². The minimum Gasteiger partial charge on any atom is -0.364 e. The van der Waals surface area contributed by atoms with Gasteiger partial charge in [0.25, 0.3) is 5.91 Å². The van der Waals surface area contributed by atoms with Crippen LogP contribution in [0.3, 0.4) is 0 Å². The molecule has 0 aliphatic heterocycles. The molecule has 1 aromatic carbocycles. The van der Waals surface area contributed by atoms with Gasteiger partial charge in [0.1, 0.15) is 5.82 Å². The summed E-state index contributed by atoms with van der Waals surface area (Å²) in [5.41, 5.74) is 13.4. The van der Waals surface area contributed by atoms with Gasteiger partial charge in [0.15, 0.2) is 11.5 Å². The fraction of sp³-hybridized carbons (Fsp3) is 0.300. The average molecular weight is 377 g/mol. The van der Waals surface area contributed by atoms with Crippen LogP contribution in [0.15, 0.2) is 42.7 Å². The number of amides is 1. The second kappa shape index (κ2) is 7.77. The van der Waals surface area contributed by atoms with Gasteiger partial charge in [0.2, 0.25) is 0 Å². The normalized spacial score (nSPS) is 19.3. The van der Waals surface area contributed by atoms with Crippen molar-refractivity contribution in [3.63, 3.8) is 0 Å². The zero-order chi connectivity index (χ0) is 19.5. The quantitative estimate of drug-likeness (QED) is 0.537. The van der Waals surface area contributed by atoms with Gasteiger partial charge in [-0.05, 0) is 31.0 Å². The predicted octanol–water partition coefficient (Wildman–Crippen LogP) is 2.55. The van der Waals surface area contributed by atoms with Crippen molar-refractivity contribution in [3.05, 3.63) is 48.4 Å². The molecule has 0 radical (unpaired) electrons. The number of nitrogens with zero attached hydrogens (tertiary/aromatic N) is 3. The summed E-state index contributed by atoms with van der Waals surface area (Å²) < 4.78 is 0. The summed E-state index contributed by atoms with van der Waals surface area (Å²) in [5, 5.41) is 7.52. The summed E-state index contributed by atoms with van der Waals surface area (Å²) in [5.74, 6) is 0.223. The Kier molecular flexibility index (Phi) is 5.03. The fourth-order valence-electron chi connectivity index (χ4n) is 3.54. The number of rotatable bonds is 5. The van der Waals surface area contributed by atoms with E-state index in [2.05, 4.69) is 25.6 Å². The number of primary amides is 1. The predicted molar refractivity (Wildman–Crippen MR) is 109 cm³/mol. The molecule has 2 atom stereocenters. The largest absolute Gasteiger partial charge is 0.364 e. The van der Waals surface area contributed by atoms with Gasteiger partial charge in [-0.15, -0.1) is 0 Å². The van der Waals surface area contributed by atoms with Crippen LogP contribution >= 0.6 is 0 Å². The molecular formula is C20H23N7O. The van der Waals surface area contributed by atoms with E-state index in [-0.39, 0.29) is 17.8 Å². The first-order valence-electron chi connectivity index (χ1n) is 9.41. The number of benzene rings is 1. The first kappa shape index (κ1) is 18.1. The van der Waals surface area contributed by atoms with E-state index in [1.54, 1.807) is 6.20 Å². The summed E-state index contributed by atoms with van der Waals surface area (Å²) in [6, 6.07) is 9.82. The monoisotopic (exact) mass is 377 g/mol. The van der Waals surface area contributed by atoms with E-state index in [4.69, 9.17) is 11.5 Å². The molecule has 1 fully saturated rings. The highest BCUT2D eigenvalue weighted by Crippen LogP contribution is 2.24. The molecule has 1 aliphatic rings. The first-order valence-corrected chi connectivity index (χ1v) is 9.41. The standard InChI is InChI=1S/C20H23N7O/c21-14-5-1-2-6-15(14)26-17-11-24-18(19(22)28)20(27-17)25-13-8-7-12-4-3-9-23-16(12)10-13/h3-4,7-11,14-15H,1-2,5-6,21H2,(H2,22,28)(H2,25,26,27)/t14-,15+/m0/s1. The Morgan fingerprint density at radius 2 is 2.00 bits per heavy atom. The van der Waals surface area contributed by atoms with Crippen molar-refractivity contribution < 1.29 is 4.79 Å². The van der Waals surface area contributed by atoms with Crippen molar-refractivity contribution in [2.45, 2.75) is 37.8 Å². The van der Waals surface area contributed by atoms with Gasteiger partial charge in [-0.2, -0.15) is 0 Å². The van der Waals surface area contributed by atoms with Crippen molar-refractivity contribution in [1.29, 1.82) is 0 Å². The van der Waals surface area contributed by atoms with Crippen LogP contribution in [0.2, 0.25) is 0 Å². The number of nitrogens with two attached hydrogens (primary N) is 2. The molecule has 3 aromatic rings. The Labute approximate surface area is 162 Å².